The third-order valence-corrected chi connectivity index (χ3v) is 2.62. The van der Waals surface area contributed by atoms with E-state index in [9.17, 15) is 4.39 Å². The molecule has 0 aliphatic carbocycles. The second-order valence-corrected chi connectivity index (χ2v) is 3.78. The first kappa shape index (κ1) is 10.1. The zero-order valence-electron chi connectivity index (χ0n) is 8.11. The molecule has 0 saturated carbocycles. The fraction of sp³-hybridized carbons (Fsp3) is 0.182. The largest absolute Gasteiger partial charge is 0.389 e. The lowest BCUT2D eigenvalue weighted by atomic mass is 10.1. The van der Waals surface area contributed by atoms with Crippen LogP contribution in [0.5, 0.6) is 0 Å². The van der Waals surface area contributed by atoms with Gasteiger partial charge in [-0.3, -0.25) is 0 Å². The van der Waals surface area contributed by atoms with Crippen molar-refractivity contribution in [1.82, 2.24) is 4.57 Å². The van der Waals surface area contributed by atoms with Crippen molar-refractivity contribution in [2.45, 2.75) is 6.54 Å². The lowest BCUT2D eigenvalue weighted by Gasteiger charge is -2.02. The maximum absolute atomic E-state index is 12.2. The van der Waals surface area contributed by atoms with Crippen molar-refractivity contribution in [1.29, 1.82) is 0 Å². The Labute approximate surface area is 92.5 Å². The first-order valence-corrected chi connectivity index (χ1v) is 5.08. The molecular formula is C11H11FN2S. The number of thiocarbonyl (C=S) groups is 1. The smallest absolute Gasteiger partial charge is 0.107 e. The van der Waals surface area contributed by atoms with E-state index in [2.05, 4.69) is 0 Å². The summed E-state index contributed by atoms with van der Waals surface area (Å²) >= 11 is 4.89. The van der Waals surface area contributed by atoms with Gasteiger partial charge < -0.3 is 10.3 Å². The van der Waals surface area contributed by atoms with Crippen molar-refractivity contribution in [3.63, 3.8) is 0 Å². The van der Waals surface area contributed by atoms with Crippen molar-refractivity contribution < 1.29 is 4.39 Å². The predicted molar refractivity (Wildman–Crippen MR) is 63.8 cm³/mol. The summed E-state index contributed by atoms with van der Waals surface area (Å²) in [6, 6.07) is 7.64. The maximum atomic E-state index is 12.2. The molecule has 0 aliphatic rings. The van der Waals surface area contributed by atoms with Gasteiger partial charge in [-0.15, -0.1) is 0 Å². The zero-order valence-corrected chi connectivity index (χ0v) is 8.93. The third kappa shape index (κ3) is 1.85. The second-order valence-electron chi connectivity index (χ2n) is 3.34. The highest BCUT2D eigenvalue weighted by molar-refractivity contribution is 7.80. The van der Waals surface area contributed by atoms with Crippen LogP contribution in [-0.2, 0) is 6.54 Å². The van der Waals surface area contributed by atoms with E-state index in [1.165, 1.54) is 0 Å². The number of benzene rings is 1. The number of nitrogens with two attached hydrogens (primary N) is 1. The standard InChI is InChI=1S/C11H11FN2S/c12-4-6-14-5-3-8-7-9(11(13)15)1-2-10(8)14/h1-3,5,7H,4,6H2,(H2,13,15). The molecule has 0 fully saturated rings. The number of rotatable bonds is 3. The molecule has 1 aromatic heterocycles. The Morgan fingerprint density at radius 2 is 2.20 bits per heavy atom. The van der Waals surface area contributed by atoms with E-state index in [1.807, 2.05) is 35.0 Å². The van der Waals surface area contributed by atoms with Gasteiger partial charge in [0.1, 0.15) is 11.7 Å². The molecule has 0 atom stereocenters. The molecule has 2 N–H and O–H groups in total. The van der Waals surface area contributed by atoms with Crippen LogP contribution in [0, 0.1) is 0 Å². The Balaban J connectivity index is 2.51. The number of aromatic nitrogens is 1. The summed E-state index contributed by atoms with van der Waals surface area (Å²) in [6.45, 7) is 0.0246. The minimum atomic E-state index is -0.360. The van der Waals surface area contributed by atoms with Crippen LogP contribution in [0.3, 0.4) is 0 Å². The van der Waals surface area contributed by atoms with Crippen LogP contribution in [0.4, 0.5) is 4.39 Å². The number of hydrogen-bond acceptors (Lipinski definition) is 1. The summed E-state index contributed by atoms with van der Waals surface area (Å²) in [4.78, 5) is 0.384. The maximum Gasteiger partial charge on any atom is 0.107 e. The van der Waals surface area contributed by atoms with Crippen LogP contribution in [0.15, 0.2) is 30.5 Å². The molecule has 0 aliphatic heterocycles. The van der Waals surface area contributed by atoms with Gasteiger partial charge in [-0.1, -0.05) is 12.2 Å². The Morgan fingerprint density at radius 3 is 2.87 bits per heavy atom. The Hall–Kier alpha value is -1.42. The number of halogens is 1. The van der Waals surface area contributed by atoms with Crippen LogP contribution in [-0.4, -0.2) is 16.2 Å². The third-order valence-electron chi connectivity index (χ3n) is 2.38. The minimum Gasteiger partial charge on any atom is -0.389 e. The van der Waals surface area contributed by atoms with E-state index in [4.69, 9.17) is 18.0 Å². The number of nitrogens with zero attached hydrogens (tertiary/aromatic N) is 1. The van der Waals surface area contributed by atoms with Gasteiger partial charge in [-0.25, -0.2) is 4.39 Å². The van der Waals surface area contributed by atoms with Crippen LogP contribution in [0.25, 0.3) is 10.9 Å². The summed E-state index contributed by atoms with van der Waals surface area (Å²) in [5.74, 6) is 0. The number of aryl methyl sites for hydroxylation is 1. The molecule has 2 rings (SSSR count). The molecule has 4 heteroatoms. The topological polar surface area (TPSA) is 30.9 Å². The predicted octanol–water partition coefficient (Wildman–Crippen LogP) is 2.25. The van der Waals surface area contributed by atoms with Crippen molar-refractivity contribution >= 4 is 28.1 Å². The number of hydrogen-bond donors (Lipinski definition) is 1. The van der Waals surface area contributed by atoms with Gasteiger partial charge in [0.05, 0.1) is 6.54 Å². The molecule has 0 spiro atoms. The molecule has 2 nitrogen and oxygen atoms in total. The van der Waals surface area contributed by atoms with Crippen LogP contribution >= 0.6 is 12.2 Å². The van der Waals surface area contributed by atoms with Crippen LogP contribution < -0.4 is 5.73 Å². The first-order chi connectivity index (χ1) is 7.22. The summed E-state index contributed by atoms with van der Waals surface area (Å²) in [5.41, 5.74) is 7.39. The molecule has 1 aromatic carbocycles. The summed E-state index contributed by atoms with van der Waals surface area (Å²) in [6.07, 6.45) is 1.87. The fourth-order valence-corrected chi connectivity index (χ4v) is 1.77. The molecule has 0 amide bonds. The molecule has 0 saturated heterocycles. The Bertz CT molecular complexity index is 504. The highest BCUT2D eigenvalue weighted by Gasteiger charge is 2.03. The SMILES string of the molecule is NC(=S)c1ccc2c(ccn2CCF)c1. The van der Waals surface area contributed by atoms with Gasteiger partial charge in [-0.05, 0) is 24.3 Å². The van der Waals surface area contributed by atoms with Crippen molar-refractivity contribution in [2.75, 3.05) is 6.67 Å². The van der Waals surface area contributed by atoms with Gasteiger partial charge in [0.15, 0.2) is 0 Å². The van der Waals surface area contributed by atoms with E-state index in [1.54, 1.807) is 0 Å². The van der Waals surface area contributed by atoms with Crippen molar-refractivity contribution in [3.05, 3.63) is 36.0 Å². The van der Waals surface area contributed by atoms with Crippen LogP contribution in [0.2, 0.25) is 0 Å². The molecule has 2 aromatic rings. The Kier molecular flexibility index (Phi) is 2.68. The van der Waals surface area contributed by atoms with Gasteiger partial charge >= 0.3 is 0 Å². The first-order valence-electron chi connectivity index (χ1n) is 4.67. The van der Waals surface area contributed by atoms with E-state index >= 15 is 0 Å². The average molecular weight is 222 g/mol. The van der Waals surface area contributed by atoms with Crippen molar-refractivity contribution in [3.8, 4) is 0 Å². The van der Waals surface area contributed by atoms with E-state index in [-0.39, 0.29) is 6.67 Å². The van der Waals surface area contributed by atoms with Gasteiger partial charge in [0, 0.05) is 22.7 Å². The lowest BCUT2D eigenvalue weighted by Crippen LogP contribution is -2.08. The average Bonchev–Trinajstić information content (AvgIpc) is 2.61. The van der Waals surface area contributed by atoms with Crippen molar-refractivity contribution in [2.24, 2.45) is 5.73 Å². The van der Waals surface area contributed by atoms with E-state index < -0.39 is 0 Å². The fourth-order valence-electron chi connectivity index (χ4n) is 1.64. The summed E-state index contributed by atoms with van der Waals surface area (Å²) < 4.78 is 14.1. The molecule has 1 heterocycles. The Morgan fingerprint density at radius 1 is 1.40 bits per heavy atom. The minimum absolute atomic E-state index is 0.360. The highest BCUT2D eigenvalue weighted by atomic mass is 32.1. The van der Waals surface area contributed by atoms with E-state index in [0.717, 1.165) is 16.5 Å². The van der Waals surface area contributed by atoms with Gasteiger partial charge in [0.2, 0.25) is 0 Å². The monoisotopic (exact) mass is 222 g/mol. The molecule has 0 radical (unpaired) electrons. The second kappa shape index (κ2) is 3.98. The normalized spacial score (nSPS) is 10.7. The quantitative estimate of drug-likeness (QED) is 0.807. The molecule has 0 unspecified atom stereocenters. The zero-order chi connectivity index (χ0) is 10.8. The molecular weight excluding hydrogens is 211 g/mol. The summed E-state index contributed by atoms with van der Waals surface area (Å²) in [5, 5.41) is 1.04. The summed E-state index contributed by atoms with van der Waals surface area (Å²) in [7, 11) is 0. The number of alkyl halides is 1. The number of fused-ring (bicyclic) bond motifs is 1. The molecule has 78 valence electrons. The lowest BCUT2D eigenvalue weighted by molar-refractivity contribution is 0.451. The highest BCUT2D eigenvalue weighted by Crippen LogP contribution is 2.17. The molecule has 15 heavy (non-hydrogen) atoms. The van der Waals surface area contributed by atoms with Crippen LogP contribution in [0.1, 0.15) is 5.56 Å². The molecule has 0 bridgehead atoms. The van der Waals surface area contributed by atoms with Gasteiger partial charge in [-0.2, -0.15) is 0 Å². The van der Waals surface area contributed by atoms with Gasteiger partial charge in [0.25, 0.3) is 0 Å². The van der Waals surface area contributed by atoms with E-state index in [0.29, 0.717) is 11.5 Å².